The fourth-order valence-electron chi connectivity index (χ4n) is 0.988. The van der Waals surface area contributed by atoms with Crippen LogP contribution in [0.1, 0.15) is 31.0 Å². The summed E-state index contributed by atoms with van der Waals surface area (Å²) < 4.78 is 40.8. The first kappa shape index (κ1) is 9.88. The van der Waals surface area contributed by atoms with Gasteiger partial charge in [0.25, 0.3) is 0 Å². The van der Waals surface area contributed by atoms with Crippen molar-refractivity contribution in [2.45, 2.75) is 25.9 Å². The first-order chi connectivity index (χ1) is 5.84. The molecule has 0 radical (unpaired) electrons. The Kier molecular flexibility index (Phi) is 2.23. The van der Waals surface area contributed by atoms with Crippen LogP contribution >= 0.6 is 0 Å². The molecule has 0 unspecified atom stereocenters. The van der Waals surface area contributed by atoms with Crippen LogP contribution in [-0.4, -0.2) is 5.16 Å². The fraction of sp³-hybridized carbons (Fsp3) is 0.571. The number of nitrogens with one attached hydrogen (secondary N) is 1. The lowest BCUT2D eigenvalue weighted by Crippen LogP contribution is -2.17. The molecular formula is C7H8F3NO2. The van der Waals surface area contributed by atoms with Crippen LogP contribution in [0.3, 0.4) is 0 Å². The molecule has 1 aromatic heterocycles. The SMILES string of the molecule is CC(C)c1[nH]oc(=O)c1C(F)(F)F. The Balaban J connectivity index is 3.33. The lowest BCUT2D eigenvalue weighted by atomic mass is 10.1. The molecule has 3 nitrogen and oxygen atoms in total. The number of halogens is 3. The Morgan fingerprint density at radius 2 is 1.92 bits per heavy atom. The number of aromatic nitrogens is 1. The average molecular weight is 195 g/mol. The van der Waals surface area contributed by atoms with E-state index in [9.17, 15) is 18.0 Å². The van der Waals surface area contributed by atoms with Crippen LogP contribution in [0.5, 0.6) is 0 Å². The van der Waals surface area contributed by atoms with Crippen LogP contribution in [0.2, 0.25) is 0 Å². The lowest BCUT2D eigenvalue weighted by Gasteiger charge is -2.06. The normalized spacial score (nSPS) is 12.5. The van der Waals surface area contributed by atoms with Crippen LogP contribution in [0.4, 0.5) is 13.2 Å². The Hall–Kier alpha value is -1.20. The molecule has 1 heterocycles. The number of aromatic amines is 1. The number of rotatable bonds is 1. The van der Waals surface area contributed by atoms with Crippen LogP contribution in [0, 0.1) is 0 Å². The molecule has 0 aliphatic rings. The fourth-order valence-corrected chi connectivity index (χ4v) is 0.988. The minimum absolute atomic E-state index is 0.211. The van der Waals surface area contributed by atoms with E-state index in [0.717, 1.165) is 0 Å². The maximum atomic E-state index is 12.2. The molecule has 13 heavy (non-hydrogen) atoms. The van der Waals surface area contributed by atoms with E-state index < -0.39 is 23.3 Å². The topological polar surface area (TPSA) is 46.0 Å². The summed E-state index contributed by atoms with van der Waals surface area (Å²) in [7, 11) is 0. The molecule has 74 valence electrons. The van der Waals surface area contributed by atoms with E-state index in [-0.39, 0.29) is 5.69 Å². The van der Waals surface area contributed by atoms with Gasteiger partial charge in [-0.3, -0.25) is 0 Å². The first-order valence-corrected chi connectivity index (χ1v) is 3.62. The van der Waals surface area contributed by atoms with E-state index in [1.165, 1.54) is 13.8 Å². The van der Waals surface area contributed by atoms with Gasteiger partial charge in [0.1, 0.15) is 0 Å². The molecule has 0 amide bonds. The standard InChI is InChI=1S/C7H8F3NO2/c1-3(2)5-4(7(8,9)10)6(12)13-11-5/h3,11H,1-2H3. The van der Waals surface area contributed by atoms with E-state index in [0.29, 0.717) is 0 Å². The molecule has 0 aliphatic carbocycles. The summed E-state index contributed by atoms with van der Waals surface area (Å²) in [4.78, 5) is 10.7. The van der Waals surface area contributed by atoms with Crippen LogP contribution in [0.15, 0.2) is 9.32 Å². The Labute approximate surface area is 71.5 Å². The van der Waals surface area contributed by atoms with E-state index in [1.807, 2.05) is 5.16 Å². The third-order valence-electron chi connectivity index (χ3n) is 1.59. The molecule has 0 saturated carbocycles. The number of H-pyrrole nitrogens is 1. The van der Waals surface area contributed by atoms with Crippen molar-refractivity contribution in [2.75, 3.05) is 0 Å². The molecule has 0 aliphatic heterocycles. The van der Waals surface area contributed by atoms with Crippen molar-refractivity contribution in [1.29, 1.82) is 0 Å². The Bertz CT molecular complexity index is 347. The van der Waals surface area contributed by atoms with Gasteiger partial charge in [0, 0.05) is 0 Å². The molecule has 0 spiro atoms. The monoisotopic (exact) mass is 195 g/mol. The van der Waals surface area contributed by atoms with E-state index >= 15 is 0 Å². The average Bonchev–Trinajstić information content (AvgIpc) is 2.28. The highest BCUT2D eigenvalue weighted by atomic mass is 19.4. The maximum Gasteiger partial charge on any atom is 0.425 e. The molecule has 1 N–H and O–H groups in total. The van der Waals surface area contributed by atoms with Crippen molar-refractivity contribution < 1.29 is 17.7 Å². The molecule has 1 aromatic rings. The van der Waals surface area contributed by atoms with Gasteiger partial charge in [-0.15, -0.1) is 0 Å². The minimum Gasteiger partial charge on any atom is -0.338 e. The van der Waals surface area contributed by atoms with Crippen molar-refractivity contribution >= 4 is 0 Å². The van der Waals surface area contributed by atoms with Crippen molar-refractivity contribution in [3.8, 4) is 0 Å². The van der Waals surface area contributed by atoms with Crippen molar-refractivity contribution in [2.24, 2.45) is 0 Å². The van der Waals surface area contributed by atoms with Crippen LogP contribution in [-0.2, 0) is 6.18 Å². The van der Waals surface area contributed by atoms with Gasteiger partial charge in [0.2, 0.25) is 0 Å². The third kappa shape index (κ3) is 1.76. The zero-order valence-electron chi connectivity index (χ0n) is 7.03. The van der Waals surface area contributed by atoms with E-state index in [2.05, 4.69) is 4.52 Å². The quantitative estimate of drug-likeness (QED) is 0.745. The second-order valence-corrected chi connectivity index (χ2v) is 2.93. The highest BCUT2D eigenvalue weighted by molar-refractivity contribution is 5.21. The van der Waals surface area contributed by atoms with Gasteiger partial charge in [-0.2, -0.15) is 13.2 Å². The summed E-state index contributed by atoms with van der Waals surface area (Å²) in [5, 5.41) is 1.97. The van der Waals surface area contributed by atoms with Gasteiger partial charge in [0.05, 0.1) is 5.69 Å². The summed E-state index contributed by atoms with van der Waals surface area (Å²) in [6.07, 6.45) is -4.65. The number of hydrogen-bond donors (Lipinski definition) is 1. The van der Waals surface area contributed by atoms with Gasteiger partial charge < -0.3 is 4.52 Å². The number of hydrogen-bond acceptors (Lipinski definition) is 2. The predicted molar refractivity (Wildman–Crippen MR) is 38.4 cm³/mol. The first-order valence-electron chi connectivity index (χ1n) is 3.62. The van der Waals surface area contributed by atoms with Gasteiger partial charge in [-0.25, -0.2) is 9.95 Å². The predicted octanol–water partition coefficient (Wildman–Crippen LogP) is 2.11. The summed E-state index contributed by atoms with van der Waals surface area (Å²) in [5.74, 6) is -0.428. The van der Waals surface area contributed by atoms with Gasteiger partial charge in [0.15, 0.2) is 5.56 Å². The highest BCUT2D eigenvalue weighted by Gasteiger charge is 2.39. The van der Waals surface area contributed by atoms with Crippen LogP contribution < -0.4 is 5.63 Å². The molecule has 1 rings (SSSR count). The molecule has 0 aromatic carbocycles. The summed E-state index contributed by atoms with van der Waals surface area (Å²) >= 11 is 0. The van der Waals surface area contributed by atoms with Crippen LogP contribution in [0.25, 0.3) is 0 Å². The molecular weight excluding hydrogens is 187 g/mol. The zero-order chi connectivity index (χ0) is 10.2. The zero-order valence-corrected chi connectivity index (χ0v) is 7.03. The van der Waals surface area contributed by atoms with Gasteiger partial charge in [-0.1, -0.05) is 13.8 Å². The third-order valence-corrected chi connectivity index (χ3v) is 1.59. The molecule has 0 fully saturated rings. The largest absolute Gasteiger partial charge is 0.425 e. The smallest absolute Gasteiger partial charge is 0.338 e. The Morgan fingerprint density at radius 3 is 2.23 bits per heavy atom. The summed E-state index contributed by atoms with van der Waals surface area (Å²) in [5.41, 5.74) is -2.81. The Morgan fingerprint density at radius 1 is 1.38 bits per heavy atom. The summed E-state index contributed by atoms with van der Waals surface area (Å²) in [6, 6.07) is 0. The van der Waals surface area contributed by atoms with E-state index in [4.69, 9.17) is 0 Å². The van der Waals surface area contributed by atoms with Gasteiger partial charge in [-0.05, 0) is 5.92 Å². The van der Waals surface area contributed by atoms with E-state index in [1.54, 1.807) is 0 Å². The van der Waals surface area contributed by atoms with Crippen molar-refractivity contribution in [1.82, 2.24) is 5.16 Å². The minimum atomic E-state index is -4.65. The number of alkyl halides is 3. The van der Waals surface area contributed by atoms with Gasteiger partial charge >= 0.3 is 11.8 Å². The second kappa shape index (κ2) is 2.93. The second-order valence-electron chi connectivity index (χ2n) is 2.93. The summed E-state index contributed by atoms with van der Waals surface area (Å²) in [6.45, 7) is 3.08. The molecule has 0 bridgehead atoms. The molecule has 0 atom stereocenters. The lowest BCUT2D eigenvalue weighted by molar-refractivity contribution is -0.139. The maximum absolute atomic E-state index is 12.2. The highest BCUT2D eigenvalue weighted by Crippen LogP contribution is 2.31. The van der Waals surface area contributed by atoms with Crippen molar-refractivity contribution in [3.63, 3.8) is 0 Å². The molecule has 0 saturated heterocycles. The molecule has 6 heteroatoms. The van der Waals surface area contributed by atoms with Crippen molar-refractivity contribution in [3.05, 3.63) is 21.7 Å².